The Bertz CT molecular complexity index is 807. The van der Waals surface area contributed by atoms with Crippen LogP contribution in [0.3, 0.4) is 0 Å². The molecule has 0 radical (unpaired) electrons. The van der Waals surface area contributed by atoms with Crippen LogP contribution in [0.15, 0.2) is 60.3 Å². The standard InChI is InChI=1S/C32H48/c1-8-9-10-11-23-13-14-25(19-23)32(6,7)21-30-28-18-22(2)12-16-26(28)27-17-15-24(20-29(27)30)31(3,4)5/h8,12,15-18,20,23,25-30H,1,9-11,13-14,19,21H2,2-7H3. The molecular formula is C32H48. The highest BCUT2D eigenvalue weighted by atomic mass is 14.5. The summed E-state index contributed by atoms with van der Waals surface area (Å²) in [7, 11) is 0. The molecule has 0 nitrogen and oxygen atoms in total. The lowest BCUT2D eigenvalue weighted by atomic mass is 9.66. The zero-order chi connectivity index (χ0) is 23.1. The first kappa shape index (κ1) is 23.8. The molecule has 7 unspecified atom stereocenters. The fourth-order valence-corrected chi connectivity index (χ4v) is 7.57. The van der Waals surface area contributed by atoms with Crippen LogP contribution in [-0.2, 0) is 0 Å². The van der Waals surface area contributed by atoms with E-state index >= 15 is 0 Å². The van der Waals surface area contributed by atoms with Gasteiger partial charge in [-0.25, -0.2) is 0 Å². The van der Waals surface area contributed by atoms with E-state index in [-0.39, 0.29) is 5.41 Å². The van der Waals surface area contributed by atoms with Crippen molar-refractivity contribution in [2.24, 2.45) is 52.3 Å². The maximum Gasteiger partial charge on any atom is -0.00954 e. The number of fused-ring (bicyclic) bond motifs is 3. The fourth-order valence-electron chi connectivity index (χ4n) is 7.57. The number of rotatable bonds is 7. The molecule has 2 saturated carbocycles. The number of hydrogen-bond acceptors (Lipinski definition) is 0. The summed E-state index contributed by atoms with van der Waals surface area (Å²) in [6.07, 6.45) is 27.1. The molecule has 0 aromatic heterocycles. The van der Waals surface area contributed by atoms with E-state index in [1.54, 1.807) is 5.57 Å². The lowest BCUT2D eigenvalue weighted by molar-refractivity contribution is 0.136. The lowest BCUT2D eigenvalue weighted by Gasteiger charge is -2.39. The zero-order valence-corrected chi connectivity index (χ0v) is 21.7. The highest BCUT2D eigenvalue weighted by Gasteiger charge is 2.50. The minimum atomic E-state index is 0.237. The monoisotopic (exact) mass is 432 g/mol. The fraction of sp³-hybridized carbons (Fsp3) is 0.688. The van der Waals surface area contributed by atoms with Crippen molar-refractivity contribution in [3.63, 3.8) is 0 Å². The predicted octanol–water partition coefficient (Wildman–Crippen LogP) is 9.33. The Kier molecular flexibility index (Phi) is 6.82. The van der Waals surface area contributed by atoms with Crippen LogP contribution in [0.5, 0.6) is 0 Å². The molecule has 0 N–H and O–H groups in total. The summed E-state index contributed by atoms with van der Waals surface area (Å²) >= 11 is 0. The van der Waals surface area contributed by atoms with Gasteiger partial charge in [-0.1, -0.05) is 95.6 Å². The predicted molar refractivity (Wildman–Crippen MR) is 140 cm³/mol. The molecule has 0 aromatic carbocycles. The van der Waals surface area contributed by atoms with Crippen LogP contribution < -0.4 is 0 Å². The van der Waals surface area contributed by atoms with Gasteiger partial charge in [-0.2, -0.15) is 0 Å². The van der Waals surface area contributed by atoms with Crippen molar-refractivity contribution in [1.82, 2.24) is 0 Å². The summed E-state index contributed by atoms with van der Waals surface area (Å²) in [5.74, 6) is 5.38. The van der Waals surface area contributed by atoms with E-state index in [2.05, 4.69) is 90.7 Å². The van der Waals surface area contributed by atoms with Crippen molar-refractivity contribution in [3.8, 4) is 0 Å². The van der Waals surface area contributed by atoms with Crippen molar-refractivity contribution in [2.45, 2.75) is 86.5 Å². The number of unbranched alkanes of at least 4 members (excludes halogenated alkanes) is 1. The largest absolute Gasteiger partial charge is 0.103 e. The van der Waals surface area contributed by atoms with Crippen molar-refractivity contribution < 1.29 is 0 Å². The van der Waals surface area contributed by atoms with Gasteiger partial charge < -0.3 is 0 Å². The summed E-state index contributed by atoms with van der Waals surface area (Å²) in [6.45, 7) is 18.5. The van der Waals surface area contributed by atoms with E-state index in [0.717, 1.165) is 17.8 Å². The van der Waals surface area contributed by atoms with Gasteiger partial charge in [0.15, 0.2) is 0 Å². The van der Waals surface area contributed by atoms with E-state index in [0.29, 0.717) is 29.1 Å². The van der Waals surface area contributed by atoms with Crippen molar-refractivity contribution >= 4 is 0 Å². The summed E-state index contributed by atoms with van der Waals surface area (Å²) in [4.78, 5) is 0. The van der Waals surface area contributed by atoms with Crippen molar-refractivity contribution in [2.75, 3.05) is 0 Å². The van der Waals surface area contributed by atoms with Gasteiger partial charge in [-0.15, -0.1) is 6.58 Å². The van der Waals surface area contributed by atoms with Gasteiger partial charge in [-0.3, -0.25) is 0 Å². The summed E-state index contributed by atoms with van der Waals surface area (Å²) in [5.41, 5.74) is 3.69. The molecule has 0 aliphatic heterocycles. The average molecular weight is 433 g/mol. The van der Waals surface area contributed by atoms with Crippen LogP contribution in [0.1, 0.15) is 86.5 Å². The zero-order valence-electron chi connectivity index (χ0n) is 21.7. The van der Waals surface area contributed by atoms with Gasteiger partial charge in [0, 0.05) is 0 Å². The topological polar surface area (TPSA) is 0 Å². The maximum atomic E-state index is 3.91. The first-order valence-corrected chi connectivity index (χ1v) is 13.5. The second-order valence-electron chi connectivity index (χ2n) is 13.3. The van der Waals surface area contributed by atoms with Crippen LogP contribution in [0.4, 0.5) is 0 Å². The molecule has 0 heterocycles. The Morgan fingerprint density at radius 3 is 2.31 bits per heavy atom. The molecule has 2 fully saturated rings. The Balaban J connectivity index is 1.54. The summed E-state index contributed by atoms with van der Waals surface area (Å²) in [6, 6.07) is 0. The molecule has 0 aromatic rings. The Labute approximate surface area is 199 Å². The third kappa shape index (κ3) is 4.80. The molecule has 0 amide bonds. The molecule has 4 aliphatic rings. The second-order valence-corrected chi connectivity index (χ2v) is 13.3. The highest BCUT2D eigenvalue weighted by molar-refractivity contribution is 5.37. The van der Waals surface area contributed by atoms with Crippen LogP contribution in [-0.4, -0.2) is 0 Å². The van der Waals surface area contributed by atoms with E-state index in [1.165, 1.54) is 50.5 Å². The van der Waals surface area contributed by atoms with Gasteiger partial charge in [-0.05, 0) is 96.9 Å². The Hall–Kier alpha value is -1.30. The van der Waals surface area contributed by atoms with Crippen LogP contribution in [0, 0.1) is 52.3 Å². The highest BCUT2D eigenvalue weighted by Crippen LogP contribution is 2.58. The lowest BCUT2D eigenvalue weighted by Crippen LogP contribution is -2.30. The second kappa shape index (κ2) is 9.15. The molecule has 7 atom stereocenters. The molecule has 32 heavy (non-hydrogen) atoms. The van der Waals surface area contributed by atoms with Crippen molar-refractivity contribution in [1.29, 1.82) is 0 Å². The molecule has 4 rings (SSSR count). The van der Waals surface area contributed by atoms with Gasteiger partial charge in [0.2, 0.25) is 0 Å². The van der Waals surface area contributed by atoms with Crippen LogP contribution in [0.25, 0.3) is 0 Å². The summed E-state index contributed by atoms with van der Waals surface area (Å²) in [5, 5.41) is 0. The Morgan fingerprint density at radius 1 is 0.938 bits per heavy atom. The normalized spacial score (nSPS) is 36.5. The molecule has 0 spiro atoms. The summed E-state index contributed by atoms with van der Waals surface area (Å²) < 4.78 is 0. The molecular weight excluding hydrogens is 384 g/mol. The van der Waals surface area contributed by atoms with Gasteiger partial charge >= 0.3 is 0 Å². The van der Waals surface area contributed by atoms with Crippen LogP contribution in [0.2, 0.25) is 0 Å². The van der Waals surface area contributed by atoms with Gasteiger partial charge in [0.05, 0.1) is 0 Å². The third-order valence-electron chi connectivity index (χ3n) is 9.52. The Morgan fingerprint density at radius 2 is 1.62 bits per heavy atom. The molecule has 0 heteroatoms. The SMILES string of the molecule is C=CCCCC1CCC(C(C)(C)CC2C3C=C(C)C=CC3C3C=CC(C(C)(C)C)=CC32)C1. The first-order chi connectivity index (χ1) is 15.1. The first-order valence-electron chi connectivity index (χ1n) is 13.5. The van der Waals surface area contributed by atoms with E-state index < -0.39 is 0 Å². The number of allylic oxidation sites excluding steroid dienone is 9. The van der Waals surface area contributed by atoms with Crippen molar-refractivity contribution in [3.05, 3.63) is 60.3 Å². The van der Waals surface area contributed by atoms with E-state index in [9.17, 15) is 0 Å². The minimum absolute atomic E-state index is 0.237. The quantitative estimate of drug-likeness (QED) is 0.278. The molecule has 176 valence electrons. The molecule has 0 saturated heterocycles. The molecule has 0 bridgehead atoms. The minimum Gasteiger partial charge on any atom is -0.103 e. The van der Waals surface area contributed by atoms with Gasteiger partial charge in [0.1, 0.15) is 0 Å². The maximum absolute atomic E-state index is 3.91. The van der Waals surface area contributed by atoms with Crippen LogP contribution >= 0.6 is 0 Å². The van der Waals surface area contributed by atoms with E-state index in [4.69, 9.17) is 0 Å². The number of hydrogen-bond donors (Lipinski definition) is 0. The third-order valence-corrected chi connectivity index (χ3v) is 9.52. The molecule has 4 aliphatic carbocycles. The smallest absolute Gasteiger partial charge is 0.00954 e. The average Bonchev–Trinajstić information content (AvgIpc) is 3.31. The van der Waals surface area contributed by atoms with E-state index in [1.807, 2.05) is 0 Å². The van der Waals surface area contributed by atoms with Gasteiger partial charge in [0.25, 0.3) is 0 Å².